The average molecular weight is 369 g/mol. The zero-order valence-electron chi connectivity index (χ0n) is 15.7. The van der Waals surface area contributed by atoms with Crippen molar-refractivity contribution in [1.82, 2.24) is 10.2 Å². The fraction of sp³-hybridized carbons (Fsp3) is 0.381. The van der Waals surface area contributed by atoms with E-state index in [4.69, 9.17) is 4.74 Å². The summed E-state index contributed by atoms with van der Waals surface area (Å²) in [4.78, 5) is 16.5. The van der Waals surface area contributed by atoms with Crippen LogP contribution >= 0.6 is 0 Å². The van der Waals surface area contributed by atoms with E-state index in [0.717, 1.165) is 44.0 Å². The molecule has 1 aliphatic rings. The number of amides is 1. The number of anilines is 1. The van der Waals surface area contributed by atoms with Crippen molar-refractivity contribution in [3.05, 3.63) is 54.1 Å². The van der Waals surface area contributed by atoms with Gasteiger partial charge in [-0.05, 0) is 36.2 Å². The second-order valence-corrected chi connectivity index (χ2v) is 6.70. The highest BCUT2D eigenvalue weighted by Crippen LogP contribution is 2.27. The number of piperazine rings is 1. The van der Waals surface area contributed by atoms with E-state index in [1.54, 1.807) is 13.2 Å². The Morgan fingerprint density at radius 2 is 1.78 bits per heavy atom. The number of rotatable bonds is 7. The first-order chi connectivity index (χ1) is 13.2. The minimum atomic E-state index is 0.0551. The molecule has 2 aromatic rings. The molecule has 1 saturated heterocycles. The number of methoxy groups -OCH3 is 1. The Morgan fingerprint density at radius 1 is 1.07 bits per heavy atom. The molecule has 144 valence electrons. The van der Waals surface area contributed by atoms with Crippen molar-refractivity contribution in [2.45, 2.75) is 6.42 Å². The van der Waals surface area contributed by atoms with Gasteiger partial charge in [0, 0.05) is 32.7 Å². The van der Waals surface area contributed by atoms with Crippen molar-refractivity contribution >= 4 is 11.6 Å². The molecule has 3 rings (SSSR count). The van der Waals surface area contributed by atoms with Crippen LogP contribution in [0.1, 0.15) is 5.56 Å². The standard InChI is InChI=1S/C21H27N3O3/c1-27-18-8-6-17(7-9-18)10-11-22-21(26)16-23-12-14-24(15-13-23)19-4-2-3-5-20(19)25/h2-9,25H,10-16H2,1H3,(H,22,26). The molecule has 6 heteroatoms. The van der Waals surface area contributed by atoms with Crippen LogP contribution in [-0.4, -0.2) is 62.3 Å². The van der Waals surface area contributed by atoms with Crippen molar-refractivity contribution in [2.24, 2.45) is 0 Å². The second kappa shape index (κ2) is 9.28. The molecular formula is C21H27N3O3. The molecule has 6 nitrogen and oxygen atoms in total. The lowest BCUT2D eigenvalue weighted by Crippen LogP contribution is -2.49. The summed E-state index contributed by atoms with van der Waals surface area (Å²) in [7, 11) is 1.65. The summed E-state index contributed by atoms with van der Waals surface area (Å²) in [5.41, 5.74) is 2.04. The van der Waals surface area contributed by atoms with Crippen molar-refractivity contribution in [1.29, 1.82) is 0 Å². The zero-order chi connectivity index (χ0) is 19.1. The molecule has 0 bridgehead atoms. The summed E-state index contributed by atoms with van der Waals surface area (Å²) in [6.45, 7) is 4.26. The molecule has 0 atom stereocenters. The van der Waals surface area contributed by atoms with Crippen LogP contribution in [0.4, 0.5) is 5.69 Å². The van der Waals surface area contributed by atoms with Gasteiger partial charge in [0.15, 0.2) is 0 Å². The molecular weight excluding hydrogens is 342 g/mol. The first-order valence-corrected chi connectivity index (χ1v) is 9.30. The summed E-state index contributed by atoms with van der Waals surface area (Å²) < 4.78 is 5.15. The van der Waals surface area contributed by atoms with Crippen molar-refractivity contribution < 1.29 is 14.6 Å². The molecule has 0 aliphatic carbocycles. The van der Waals surface area contributed by atoms with Gasteiger partial charge in [0.25, 0.3) is 0 Å². The maximum absolute atomic E-state index is 12.2. The van der Waals surface area contributed by atoms with Crippen molar-refractivity contribution in [3.8, 4) is 11.5 Å². The minimum absolute atomic E-state index is 0.0551. The molecule has 0 aromatic heterocycles. The summed E-state index contributed by atoms with van der Waals surface area (Å²) >= 11 is 0. The van der Waals surface area contributed by atoms with Crippen LogP contribution in [0.3, 0.4) is 0 Å². The summed E-state index contributed by atoms with van der Waals surface area (Å²) in [6, 6.07) is 15.3. The van der Waals surface area contributed by atoms with Crippen LogP contribution in [-0.2, 0) is 11.2 Å². The van der Waals surface area contributed by atoms with Crippen LogP contribution in [0.25, 0.3) is 0 Å². The van der Waals surface area contributed by atoms with Gasteiger partial charge in [-0.25, -0.2) is 0 Å². The van der Waals surface area contributed by atoms with E-state index in [1.807, 2.05) is 42.5 Å². The molecule has 0 unspecified atom stereocenters. The Kier molecular flexibility index (Phi) is 6.54. The van der Waals surface area contributed by atoms with Gasteiger partial charge in [0.2, 0.25) is 5.91 Å². The molecule has 0 saturated carbocycles. The van der Waals surface area contributed by atoms with Gasteiger partial charge in [-0.2, -0.15) is 0 Å². The molecule has 2 aromatic carbocycles. The quantitative estimate of drug-likeness (QED) is 0.780. The highest BCUT2D eigenvalue weighted by atomic mass is 16.5. The molecule has 1 heterocycles. The van der Waals surface area contributed by atoms with E-state index in [0.29, 0.717) is 18.8 Å². The smallest absolute Gasteiger partial charge is 0.234 e. The number of benzene rings is 2. The zero-order valence-corrected chi connectivity index (χ0v) is 15.7. The third-order valence-electron chi connectivity index (χ3n) is 4.86. The Bertz CT molecular complexity index is 741. The normalized spacial score (nSPS) is 14.8. The lowest BCUT2D eigenvalue weighted by atomic mass is 10.1. The average Bonchev–Trinajstić information content (AvgIpc) is 2.70. The highest BCUT2D eigenvalue weighted by Gasteiger charge is 2.20. The first kappa shape index (κ1) is 19.0. The predicted octanol–water partition coefficient (Wildman–Crippen LogP) is 1.88. The Hall–Kier alpha value is -2.73. The molecule has 1 aliphatic heterocycles. The minimum Gasteiger partial charge on any atom is -0.506 e. The number of hydrogen-bond donors (Lipinski definition) is 2. The summed E-state index contributed by atoms with van der Waals surface area (Å²) in [5, 5.41) is 13.0. The van der Waals surface area contributed by atoms with E-state index < -0.39 is 0 Å². The van der Waals surface area contributed by atoms with Gasteiger partial charge in [-0.3, -0.25) is 9.69 Å². The molecule has 27 heavy (non-hydrogen) atoms. The number of hydrogen-bond acceptors (Lipinski definition) is 5. The van der Waals surface area contributed by atoms with Crippen LogP contribution < -0.4 is 15.0 Å². The van der Waals surface area contributed by atoms with E-state index in [-0.39, 0.29) is 5.91 Å². The number of ether oxygens (including phenoxy) is 1. The van der Waals surface area contributed by atoms with Gasteiger partial charge in [-0.1, -0.05) is 24.3 Å². The van der Waals surface area contributed by atoms with E-state index in [9.17, 15) is 9.90 Å². The van der Waals surface area contributed by atoms with Gasteiger partial charge in [0.05, 0.1) is 19.3 Å². The molecule has 0 radical (unpaired) electrons. The number of nitrogens with zero attached hydrogens (tertiary/aromatic N) is 2. The third-order valence-corrected chi connectivity index (χ3v) is 4.86. The van der Waals surface area contributed by atoms with Gasteiger partial charge < -0.3 is 20.1 Å². The number of phenols is 1. The fourth-order valence-corrected chi connectivity index (χ4v) is 3.28. The van der Waals surface area contributed by atoms with Gasteiger partial charge in [0.1, 0.15) is 11.5 Å². The maximum atomic E-state index is 12.2. The third kappa shape index (κ3) is 5.37. The number of carbonyl (C=O) groups excluding carboxylic acids is 1. The lowest BCUT2D eigenvalue weighted by molar-refractivity contribution is -0.122. The van der Waals surface area contributed by atoms with E-state index >= 15 is 0 Å². The van der Waals surface area contributed by atoms with E-state index in [2.05, 4.69) is 15.1 Å². The van der Waals surface area contributed by atoms with Crippen LogP contribution in [0.2, 0.25) is 0 Å². The van der Waals surface area contributed by atoms with Gasteiger partial charge >= 0.3 is 0 Å². The van der Waals surface area contributed by atoms with Crippen molar-refractivity contribution in [3.63, 3.8) is 0 Å². The summed E-state index contributed by atoms with van der Waals surface area (Å²) in [6.07, 6.45) is 0.802. The monoisotopic (exact) mass is 369 g/mol. The predicted molar refractivity (Wildman–Crippen MR) is 106 cm³/mol. The largest absolute Gasteiger partial charge is 0.506 e. The number of nitrogens with one attached hydrogen (secondary N) is 1. The lowest BCUT2D eigenvalue weighted by Gasteiger charge is -2.35. The fourth-order valence-electron chi connectivity index (χ4n) is 3.28. The number of phenolic OH excluding ortho intramolecular Hbond substituents is 1. The van der Waals surface area contributed by atoms with Crippen molar-refractivity contribution in [2.75, 3.05) is 51.3 Å². The SMILES string of the molecule is COc1ccc(CCNC(=O)CN2CCN(c3ccccc3O)CC2)cc1. The first-order valence-electron chi connectivity index (χ1n) is 9.30. The molecule has 1 amide bonds. The van der Waals surface area contributed by atoms with Crippen LogP contribution in [0.5, 0.6) is 11.5 Å². The second-order valence-electron chi connectivity index (χ2n) is 6.70. The number of para-hydroxylation sites is 2. The molecule has 2 N–H and O–H groups in total. The number of aromatic hydroxyl groups is 1. The Labute approximate surface area is 160 Å². The Balaban J connectivity index is 1.37. The summed E-state index contributed by atoms with van der Waals surface area (Å²) in [5.74, 6) is 1.20. The number of carbonyl (C=O) groups is 1. The van der Waals surface area contributed by atoms with E-state index in [1.165, 1.54) is 5.56 Å². The van der Waals surface area contributed by atoms with Crippen LogP contribution in [0.15, 0.2) is 48.5 Å². The molecule has 1 fully saturated rings. The molecule has 0 spiro atoms. The topological polar surface area (TPSA) is 65.0 Å². The van der Waals surface area contributed by atoms with Crippen LogP contribution in [0, 0.1) is 0 Å². The Morgan fingerprint density at radius 3 is 2.44 bits per heavy atom. The van der Waals surface area contributed by atoms with Gasteiger partial charge in [-0.15, -0.1) is 0 Å². The maximum Gasteiger partial charge on any atom is 0.234 e. The highest BCUT2D eigenvalue weighted by molar-refractivity contribution is 5.78.